The number of carbonyl (C=O) groups excluding carboxylic acids is 2. The molecule has 4 N–H and O–H groups in total. The Balaban J connectivity index is 2.40. The van der Waals surface area contributed by atoms with Crippen molar-refractivity contribution in [2.75, 3.05) is 12.3 Å². The van der Waals surface area contributed by atoms with E-state index in [9.17, 15) is 9.59 Å². The van der Waals surface area contributed by atoms with E-state index in [-0.39, 0.29) is 23.9 Å². The van der Waals surface area contributed by atoms with E-state index in [0.717, 1.165) is 5.56 Å². The van der Waals surface area contributed by atoms with Gasteiger partial charge >= 0.3 is 0 Å². The second kappa shape index (κ2) is 6.75. The van der Waals surface area contributed by atoms with Crippen LogP contribution in [0.2, 0.25) is 0 Å². The summed E-state index contributed by atoms with van der Waals surface area (Å²) in [5.74, 6) is -0.530. The van der Waals surface area contributed by atoms with E-state index in [0.29, 0.717) is 5.69 Å². The van der Waals surface area contributed by atoms with Crippen LogP contribution < -0.4 is 16.4 Å². The van der Waals surface area contributed by atoms with Crippen molar-refractivity contribution in [3.63, 3.8) is 0 Å². The standard InChI is InChI=1S/C15H21N3O2/c1-15(2,3)18-14(20)10-17-13(19)9-6-11-4-7-12(16)8-5-11/h4-9H,10,16H2,1-3H3,(H,17,19)(H,18,20)/b9-6+. The molecule has 0 radical (unpaired) electrons. The van der Waals surface area contributed by atoms with Crippen molar-refractivity contribution in [1.82, 2.24) is 10.6 Å². The zero-order valence-corrected chi connectivity index (χ0v) is 12.1. The van der Waals surface area contributed by atoms with E-state index in [1.54, 1.807) is 18.2 Å². The summed E-state index contributed by atoms with van der Waals surface area (Å²) in [6, 6.07) is 7.14. The van der Waals surface area contributed by atoms with Crippen LogP contribution in [0, 0.1) is 0 Å². The number of carbonyl (C=O) groups is 2. The van der Waals surface area contributed by atoms with Crippen molar-refractivity contribution in [3.05, 3.63) is 35.9 Å². The van der Waals surface area contributed by atoms with Gasteiger partial charge in [0.2, 0.25) is 11.8 Å². The van der Waals surface area contributed by atoms with Crippen LogP contribution in [0.4, 0.5) is 5.69 Å². The lowest BCUT2D eigenvalue weighted by molar-refractivity contribution is -0.124. The lowest BCUT2D eigenvalue weighted by Crippen LogP contribution is -2.45. The zero-order chi connectivity index (χ0) is 15.2. The monoisotopic (exact) mass is 275 g/mol. The van der Waals surface area contributed by atoms with Gasteiger partial charge in [-0.25, -0.2) is 0 Å². The van der Waals surface area contributed by atoms with Gasteiger partial charge in [0.25, 0.3) is 0 Å². The molecule has 0 aliphatic carbocycles. The van der Waals surface area contributed by atoms with Crippen molar-refractivity contribution >= 4 is 23.6 Å². The summed E-state index contributed by atoms with van der Waals surface area (Å²) in [5, 5.41) is 5.29. The van der Waals surface area contributed by atoms with Gasteiger partial charge in [-0.2, -0.15) is 0 Å². The van der Waals surface area contributed by atoms with E-state index in [1.807, 2.05) is 32.9 Å². The molecule has 20 heavy (non-hydrogen) atoms. The van der Waals surface area contributed by atoms with Crippen molar-refractivity contribution in [2.24, 2.45) is 0 Å². The van der Waals surface area contributed by atoms with Crippen LogP contribution in [0.25, 0.3) is 6.08 Å². The summed E-state index contributed by atoms with van der Waals surface area (Å²) in [4.78, 5) is 23.1. The topological polar surface area (TPSA) is 84.2 Å². The average molecular weight is 275 g/mol. The Kier molecular flexibility index (Phi) is 5.32. The number of nitrogens with one attached hydrogen (secondary N) is 2. The first-order valence-electron chi connectivity index (χ1n) is 6.39. The molecule has 0 heterocycles. The lowest BCUT2D eigenvalue weighted by atomic mass is 10.1. The van der Waals surface area contributed by atoms with E-state index < -0.39 is 0 Å². The van der Waals surface area contributed by atoms with Gasteiger partial charge < -0.3 is 16.4 Å². The average Bonchev–Trinajstić information content (AvgIpc) is 2.33. The molecule has 0 bridgehead atoms. The molecule has 0 saturated heterocycles. The van der Waals surface area contributed by atoms with Crippen LogP contribution >= 0.6 is 0 Å². The van der Waals surface area contributed by atoms with Gasteiger partial charge in [0, 0.05) is 17.3 Å². The molecule has 0 unspecified atom stereocenters. The first kappa shape index (κ1) is 15.8. The van der Waals surface area contributed by atoms with Gasteiger partial charge in [0.15, 0.2) is 0 Å². The largest absolute Gasteiger partial charge is 0.399 e. The summed E-state index contributed by atoms with van der Waals surface area (Å²) in [5.41, 5.74) is 6.80. The first-order chi connectivity index (χ1) is 9.26. The normalized spacial score (nSPS) is 11.3. The molecule has 0 fully saturated rings. The highest BCUT2D eigenvalue weighted by molar-refractivity contribution is 5.94. The van der Waals surface area contributed by atoms with Gasteiger partial charge in [-0.1, -0.05) is 12.1 Å². The number of benzene rings is 1. The molecule has 0 aliphatic rings. The summed E-state index contributed by atoms with van der Waals surface area (Å²) >= 11 is 0. The van der Waals surface area contributed by atoms with E-state index >= 15 is 0 Å². The van der Waals surface area contributed by atoms with Crippen LogP contribution in [0.5, 0.6) is 0 Å². The molecular weight excluding hydrogens is 254 g/mol. The number of nitrogen functional groups attached to an aromatic ring is 1. The maximum atomic E-state index is 11.6. The van der Waals surface area contributed by atoms with Crippen molar-refractivity contribution in [3.8, 4) is 0 Å². The smallest absolute Gasteiger partial charge is 0.244 e. The van der Waals surface area contributed by atoms with Crippen LogP contribution in [-0.4, -0.2) is 23.9 Å². The first-order valence-corrected chi connectivity index (χ1v) is 6.39. The Hall–Kier alpha value is -2.30. The molecule has 1 aromatic rings. The SMILES string of the molecule is CC(C)(C)NC(=O)CNC(=O)/C=C/c1ccc(N)cc1. The molecule has 1 rings (SSSR count). The highest BCUT2D eigenvalue weighted by Crippen LogP contribution is 2.06. The fourth-order valence-corrected chi connectivity index (χ4v) is 1.47. The fourth-order valence-electron chi connectivity index (χ4n) is 1.47. The molecule has 108 valence electrons. The third-order valence-corrected chi connectivity index (χ3v) is 2.30. The second-order valence-electron chi connectivity index (χ2n) is 5.52. The third-order valence-electron chi connectivity index (χ3n) is 2.30. The molecule has 0 saturated carbocycles. The minimum Gasteiger partial charge on any atom is -0.399 e. The zero-order valence-electron chi connectivity index (χ0n) is 12.1. The number of hydrogen-bond acceptors (Lipinski definition) is 3. The van der Waals surface area contributed by atoms with Crippen LogP contribution in [0.3, 0.4) is 0 Å². The predicted molar refractivity (Wildman–Crippen MR) is 80.8 cm³/mol. The molecule has 1 aromatic carbocycles. The molecule has 0 atom stereocenters. The Morgan fingerprint density at radius 1 is 1.20 bits per heavy atom. The highest BCUT2D eigenvalue weighted by Gasteiger charge is 2.13. The third kappa shape index (κ3) is 6.58. The molecule has 0 spiro atoms. The maximum Gasteiger partial charge on any atom is 0.244 e. The summed E-state index contributed by atoms with van der Waals surface area (Å²) < 4.78 is 0. The Morgan fingerprint density at radius 2 is 1.80 bits per heavy atom. The predicted octanol–water partition coefficient (Wildman–Crippen LogP) is 1.31. The summed E-state index contributed by atoms with van der Waals surface area (Å²) in [6.07, 6.45) is 3.05. The highest BCUT2D eigenvalue weighted by atomic mass is 16.2. The van der Waals surface area contributed by atoms with Gasteiger partial charge in [-0.3, -0.25) is 9.59 Å². The second-order valence-corrected chi connectivity index (χ2v) is 5.52. The van der Waals surface area contributed by atoms with Gasteiger partial charge in [-0.15, -0.1) is 0 Å². The minimum atomic E-state index is -0.314. The van der Waals surface area contributed by atoms with Crippen LogP contribution in [-0.2, 0) is 9.59 Å². The van der Waals surface area contributed by atoms with Gasteiger partial charge in [0.05, 0.1) is 6.54 Å². The number of nitrogens with two attached hydrogens (primary N) is 1. The van der Waals surface area contributed by atoms with E-state index in [2.05, 4.69) is 10.6 Å². The van der Waals surface area contributed by atoms with E-state index in [1.165, 1.54) is 6.08 Å². The molecule has 2 amide bonds. The van der Waals surface area contributed by atoms with Gasteiger partial charge in [-0.05, 0) is 44.5 Å². The minimum absolute atomic E-state index is 0.0395. The van der Waals surface area contributed by atoms with Gasteiger partial charge in [0.1, 0.15) is 0 Å². The number of anilines is 1. The van der Waals surface area contributed by atoms with E-state index in [4.69, 9.17) is 5.73 Å². The summed E-state index contributed by atoms with van der Waals surface area (Å²) in [6.45, 7) is 5.61. The van der Waals surface area contributed by atoms with Crippen molar-refractivity contribution in [2.45, 2.75) is 26.3 Å². The number of rotatable bonds is 4. The number of hydrogen-bond donors (Lipinski definition) is 3. The van der Waals surface area contributed by atoms with Crippen LogP contribution in [0.15, 0.2) is 30.3 Å². The molecule has 5 nitrogen and oxygen atoms in total. The number of amides is 2. The molecule has 0 aliphatic heterocycles. The molecular formula is C15H21N3O2. The molecule has 0 aromatic heterocycles. The molecule has 5 heteroatoms. The quantitative estimate of drug-likeness (QED) is 0.572. The Labute approximate surface area is 119 Å². The maximum absolute atomic E-state index is 11.6. The van der Waals surface area contributed by atoms with Crippen molar-refractivity contribution < 1.29 is 9.59 Å². The summed E-state index contributed by atoms with van der Waals surface area (Å²) in [7, 11) is 0. The Bertz CT molecular complexity index is 499. The Morgan fingerprint density at radius 3 is 2.35 bits per heavy atom. The van der Waals surface area contributed by atoms with Crippen molar-refractivity contribution in [1.29, 1.82) is 0 Å². The lowest BCUT2D eigenvalue weighted by Gasteiger charge is -2.20. The fraction of sp³-hybridized carbons (Fsp3) is 0.333. The van der Waals surface area contributed by atoms with Crippen LogP contribution in [0.1, 0.15) is 26.3 Å².